The summed E-state index contributed by atoms with van der Waals surface area (Å²) < 4.78 is 5.67. The fraction of sp³-hybridized carbons (Fsp3) is 0.529. The number of hydrogen-bond acceptors (Lipinski definition) is 3. The highest BCUT2D eigenvalue weighted by Gasteiger charge is 2.29. The van der Waals surface area contributed by atoms with Gasteiger partial charge in [-0.25, -0.2) is 0 Å². The normalized spacial score (nSPS) is 17.8. The largest absolute Gasteiger partial charge is 0.367 e. The molecule has 1 heterocycles. The highest BCUT2D eigenvalue weighted by atomic mass is 16.5. The number of primary amides is 1. The number of nitrogens with two attached hydrogens (primary N) is 1. The molecule has 2 N–H and O–H groups in total. The molecule has 0 unspecified atom stereocenters. The molecule has 2 atom stereocenters. The smallest absolute Gasteiger partial charge is 0.252 e. The monoisotopic (exact) mass is 304 g/mol. The van der Waals surface area contributed by atoms with Crippen molar-refractivity contribution in [2.24, 2.45) is 5.73 Å². The first-order valence-electron chi connectivity index (χ1n) is 7.85. The molecule has 0 aliphatic carbocycles. The zero-order chi connectivity index (χ0) is 15.9. The molecule has 2 amide bonds. The molecular formula is C17H24N2O3. The van der Waals surface area contributed by atoms with E-state index < -0.39 is 18.1 Å². The van der Waals surface area contributed by atoms with Crippen LogP contribution in [0.4, 0.5) is 0 Å². The topological polar surface area (TPSA) is 72.6 Å². The Morgan fingerprint density at radius 3 is 2.41 bits per heavy atom. The zero-order valence-electron chi connectivity index (χ0n) is 13.0. The molecule has 1 aromatic rings. The highest BCUT2D eigenvalue weighted by molar-refractivity contribution is 5.83. The van der Waals surface area contributed by atoms with Crippen molar-refractivity contribution >= 4 is 11.8 Å². The van der Waals surface area contributed by atoms with Gasteiger partial charge in [0.2, 0.25) is 5.91 Å². The molecule has 5 nitrogen and oxygen atoms in total. The van der Waals surface area contributed by atoms with Crippen LogP contribution in [0.5, 0.6) is 0 Å². The number of piperidine rings is 1. The minimum atomic E-state index is -0.776. The Labute approximate surface area is 131 Å². The second-order valence-electron chi connectivity index (χ2n) is 5.74. The molecule has 1 aliphatic rings. The van der Waals surface area contributed by atoms with E-state index in [1.165, 1.54) is 0 Å². The second-order valence-corrected chi connectivity index (χ2v) is 5.74. The maximum absolute atomic E-state index is 12.7. The first-order valence-corrected chi connectivity index (χ1v) is 7.85. The zero-order valence-corrected chi connectivity index (χ0v) is 13.0. The SMILES string of the molecule is C[C@H](O[C@@H](Cc1ccccc1)C(=O)N1CCCCC1)C(N)=O. The quantitative estimate of drug-likeness (QED) is 0.865. The number of rotatable bonds is 6. The van der Waals surface area contributed by atoms with Crippen molar-refractivity contribution in [3.63, 3.8) is 0 Å². The summed E-state index contributed by atoms with van der Waals surface area (Å²) in [4.78, 5) is 25.8. The number of nitrogens with zero attached hydrogens (tertiary/aromatic N) is 1. The van der Waals surface area contributed by atoms with Gasteiger partial charge in [-0.1, -0.05) is 30.3 Å². The predicted octanol–water partition coefficient (Wildman–Crippen LogP) is 1.50. The van der Waals surface area contributed by atoms with Gasteiger partial charge in [-0.05, 0) is 31.7 Å². The van der Waals surface area contributed by atoms with Gasteiger partial charge in [0.1, 0.15) is 12.2 Å². The Bertz CT molecular complexity index is 498. The van der Waals surface area contributed by atoms with Crippen molar-refractivity contribution < 1.29 is 14.3 Å². The average molecular weight is 304 g/mol. The molecular weight excluding hydrogens is 280 g/mol. The lowest BCUT2D eigenvalue weighted by molar-refractivity contribution is -0.151. The second kappa shape index (κ2) is 7.94. The summed E-state index contributed by atoms with van der Waals surface area (Å²) in [6, 6.07) is 9.69. The fourth-order valence-electron chi connectivity index (χ4n) is 2.65. The lowest BCUT2D eigenvalue weighted by Gasteiger charge is -2.31. The van der Waals surface area contributed by atoms with Crippen molar-refractivity contribution in [2.45, 2.75) is 44.8 Å². The Kier molecular flexibility index (Phi) is 5.95. The number of ether oxygens (including phenoxy) is 1. The molecule has 1 fully saturated rings. The molecule has 0 radical (unpaired) electrons. The number of hydrogen-bond donors (Lipinski definition) is 1. The van der Waals surface area contributed by atoms with Crippen molar-refractivity contribution in [3.8, 4) is 0 Å². The van der Waals surface area contributed by atoms with Crippen LogP contribution in [-0.2, 0) is 20.7 Å². The van der Waals surface area contributed by atoms with E-state index in [-0.39, 0.29) is 5.91 Å². The molecule has 0 saturated carbocycles. The lowest BCUT2D eigenvalue weighted by Crippen LogP contribution is -2.46. The van der Waals surface area contributed by atoms with Crippen LogP contribution in [0.15, 0.2) is 30.3 Å². The van der Waals surface area contributed by atoms with E-state index in [4.69, 9.17) is 10.5 Å². The minimum absolute atomic E-state index is 0.0448. The molecule has 0 bridgehead atoms. The fourth-order valence-corrected chi connectivity index (χ4v) is 2.65. The van der Waals surface area contributed by atoms with E-state index in [9.17, 15) is 9.59 Å². The number of amides is 2. The third-order valence-electron chi connectivity index (χ3n) is 3.98. The van der Waals surface area contributed by atoms with Crippen molar-refractivity contribution in [1.82, 2.24) is 4.90 Å². The third-order valence-corrected chi connectivity index (χ3v) is 3.98. The summed E-state index contributed by atoms with van der Waals surface area (Å²) in [6.07, 6.45) is 2.22. The van der Waals surface area contributed by atoms with Crippen LogP contribution in [0.3, 0.4) is 0 Å². The predicted molar refractivity (Wildman–Crippen MR) is 84.1 cm³/mol. The molecule has 0 spiro atoms. The van der Waals surface area contributed by atoms with Crippen LogP contribution < -0.4 is 5.73 Å². The molecule has 1 aromatic carbocycles. The first-order chi connectivity index (χ1) is 10.6. The summed E-state index contributed by atoms with van der Waals surface area (Å²) in [5.41, 5.74) is 6.28. The Morgan fingerprint density at radius 2 is 1.82 bits per heavy atom. The summed E-state index contributed by atoms with van der Waals surface area (Å²) >= 11 is 0. The number of carbonyl (C=O) groups excluding carboxylic acids is 2. The van der Waals surface area contributed by atoms with E-state index in [0.717, 1.165) is 37.9 Å². The Balaban J connectivity index is 2.09. The van der Waals surface area contributed by atoms with Gasteiger partial charge >= 0.3 is 0 Å². The molecule has 5 heteroatoms. The summed E-state index contributed by atoms with van der Waals surface area (Å²) in [5, 5.41) is 0. The van der Waals surface area contributed by atoms with Gasteiger partial charge in [0.25, 0.3) is 5.91 Å². The van der Waals surface area contributed by atoms with Crippen LogP contribution in [0, 0.1) is 0 Å². The standard InChI is InChI=1S/C17H24N2O3/c1-13(16(18)20)22-15(12-14-8-4-2-5-9-14)17(21)19-10-6-3-7-11-19/h2,4-5,8-9,13,15H,3,6-7,10-12H2,1H3,(H2,18,20)/t13-,15-/m0/s1. The van der Waals surface area contributed by atoms with Gasteiger partial charge in [0, 0.05) is 19.5 Å². The summed E-state index contributed by atoms with van der Waals surface area (Å²) in [7, 11) is 0. The van der Waals surface area contributed by atoms with Gasteiger partial charge in [-0.2, -0.15) is 0 Å². The van der Waals surface area contributed by atoms with E-state index in [1.54, 1.807) is 6.92 Å². The maximum Gasteiger partial charge on any atom is 0.252 e. The molecule has 1 aliphatic heterocycles. The lowest BCUT2D eigenvalue weighted by atomic mass is 10.0. The van der Waals surface area contributed by atoms with Crippen molar-refractivity contribution in [1.29, 1.82) is 0 Å². The van der Waals surface area contributed by atoms with Gasteiger partial charge < -0.3 is 15.4 Å². The molecule has 0 aromatic heterocycles. The van der Waals surface area contributed by atoms with Crippen LogP contribution in [-0.4, -0.2) is 42.0 Å². The van der Waals surface area contributed by atoms with Gasteiger partial charge in [-0.3, -0.25) is 9.59 Å². The first kappa shape index (κ1) is 16.5. The summed E-state index contributed by atoms with van der Waals surface area (Å²) in [5.74, 6) is -0.596. The van der Waals surface area contributed by atoms with Crippen molar-refractivity contribution in [3.05, 3.63) is 35.9 Å². The maximum atomic E-state index is 12.7. The van der Waals surface area contributed by atoms with E-state index >= 15 is 0 Å². The van der Waals surface area contributed by atoms with E-state index in [1.807, 2.05) is 35.2 Å². The molecule has 22 heavy (non-hydrogen) atoms. The van der Waals surface area contributed by atoms with Gasteiger partial charge in [-0.15, -0.1) is 0 Å². The number of benzene rings is 1. The molecule has 1 saturated heterocycles. The number of carbonyl (C=O) groups is 2. The minimum Gasteiger partial charge on any atom is -0.367 e. The third kappa shape index (κ3) is 4.56. The van der Waals surface area contributed by atoms with Crippen LogP contribution >= 0.6 is 0 Å². The van der Waals surface area contributed by atoms with Crippen LogP contribution in [0.2, 0.25) is 0 Å². The Morgan fingerprint density at radius 1 is 1.18 bits per heavy atom. The van der Waals surface area contributed by atoms with Crippen molar-refractivity contribution in [2.75, 3.05) is 13.1 Å². The van der Waals surface area contributed by atoms with Crippen LogP contribution in [0.1, 0.15) is 31.7 Å². The molecule has 120 valence electrons. The molecule has 2 rings (SSSR count). The van der Waals surface area contributed by atoms with Crippen LogP contribution in [0.25, 0.3) is 0 Å². The van der Waals surface area contributed by atoms with Gasteiger partial charge in [0.15, 0.2) is 0 Å². The van der Waals surface area contributed by atoms with E-state index in [0.29, 0.717) is 6.42 Å². The highest BCUT2D eigenvalue weighted by Crippen LogP contribution is 2.15. The summed E-state index contributed by atoms with van der Waals surface area (Å²) in [6.45, 7) is 3.11. The van der Waals surface area contributed by atoms with Gasteiger partial charge in [0.05, 0.1) is 0 Å². The Hall–Kier alpha value is -1.88. The van der Waals surface area contributed by atoms with E-state index in [2.05, 4.69) is 0 Å². The average Bonchev–Trinajstić information content (AvgIpc) is 2.55. The number of likely N-dealkylation sites (tertiary alicyclic amines) is 1.